The third kappa shape index (κ3) is 3.78. The maximum absolute atomic E-state index is 5.59. The lowest BCUT2D eigenvalue weighted by Gasteiger charge is -2.00. The summed E-state index contributed by atoms with van der Waals surface area (Å²) in [4.78, 5) is 0. The van der Waals surface area contributed by atoms with Crippen molar-refractivity contribution in [2.45, 2.75) is 29.7 Å². The van der Waals surface area contributed by atoms with Gasteiger partial charge in [-0.2, -0.15) is 0 Å². The second kappa shape index (κ2) is 5.95. The molecule has 8 heavy (non-hydrogen) atoms. The van der Waals surface area contributed by atoms with E-state index in [1.54, 1.807) is 0 Å². The number of alkyl halides is 1. The lowest BCUT2D eigenvalue weighted by molar-refractivity contribution is 1.24. The molecule has 0 heterocycles. The van der Waals surface area contributed by atoms with Crippen LogP contribution in [0.25, 0.3) is 0 Å². The smallest absolute Gasteiger partial charge is 0.128 e. The molecule has 0 nitrogen and oxygen atoms in total. The Kier molecular flexibility index (Phi) is 6.56. The highest BCUT2D eigenvalue weighted by Crippen LogP contribution is 2.04. The van der Waals surface area contributed by atoms with Crippen LogP contribution in [-0.4, -0.2) is 20.0 Å². The van der Waals surface area contributed by atoms with Gasteiger partial charge < -0.3 is 0 Å². The summed E-state index contributed by atoms with van der Waals surface area (Å²) in [5, 5.41) is 4.17. The standard InChI is InChI=1S/C2H4Cl.2C2H5.Al/c1-2-3;2*1-2;/h1-2H2;2*1H2,2H3;. The van der Waals surface area contributed by atoms with Crippen LogP contribution in [-0.2, 0) is 0 Å². The monoisotopic (exact) mass is 148 g/mol. The summed E-state index contributed by atoms with van der Waals surface area (Å²) in [5.74, 6) is 0.887. The van der Waals surface area contributed by atoms with Gasteiger partial charge in [-0.1, -0.05) is 29.7 Å². The largest absolute Gasteiger partial charge is 0.262 e. The molecule has 0 saturated heterocycles. The van der Waals surface area contributed by atoms with E-state index < -0.39 is 0 Å². The first-order valence-corrected chi connectivity index (χ1v) is 6.39. The molecule has 0 aromatic carbocycles. The molecule has 0 spiro atoms. The molecule has 0 radical (unpaired) electrons. The van der Waals surface area contributed by atoms with Crippen LogP contribution in [0.1, 0.15) is 13.8 Å². The van der Waals surface area contributed by atoms with E-state index in [-0.39, 0.29) is 14.1 Å². The zero-order valence-corrected chi connectivity index (χ0v) is 7.69. The minimum Gasteiger partial charge on any atom is -0.128 e. The number of halogens is 1. The van der Waals surface area contributed by atoms with Crippen molar-refractivity contribution in [3.8, 4) is 0 Å². The van der Waals surface area contributed by atoms with E-state index >= 15 is 0 Å². The molecule has 0 rings (SSSR count). The van der Waals surface area contributed by atoms with Crippen LogP contribution in [0.2, 0.25) is 15.8 Å². The second-order valence-corrected chi connectivity index (χ2v) is 6.48. The predicted molar refractivity (Wildman–Crippen MR) is 42.2 cm³/mol. The van der Waals surface area contributed by atoms with Crippen molar-refractivity contribution < 1.29 is 0 Å². The van der Waals surface area contributed by atoms with Gasteiger partial charge in [-0.3, -0.25) is 0 Å². The Morgan fingerprint density at radius 2 is 1.75 bits per heavy atom. The molecule has 0 aromatic heterocycles. The summed E-state index contributed by atoms with van der Waals surface area (Å²) in [6, 6.07) is 0. The number of hydrogen-bond acceptors (Lipinski definition) is 0. The Balaban J connectivity index is 3.07. The number of rotatable bonds is 4. The highest BCUT2D eigenvalue weighted by molar-refractivity contribution is 6.59. The van der Waals surface area contributed by atoms with Gasteiger partial charge >= 0.3 is 0 Å². The van der Waals surface area contributed by atoms with Crippen molar-refractivity contribution in [3.05, 3.63) is 0 Å². The molecule has 0 fully saturated rings. The van der Waals surface area contributed by atoms with Crippen LogP contribution < -0.4 is 0 Å². The average molecular weight is 149 g/mol. The normalized spacial score (nSPS) is 9.38. The summed E-state index contributed by atoms with van der Waals surface area (Å²) in [6.45, 7) is 4.57. The molecule has 0 amide bonds. The quantitative estimate of drug-likeness (QED) is 0.425. The molecule has 0 aliphatic rings. The molecule has 0 aliphatic carbocycles. The first-order chi connectivity index (χ1) is 3.85. The lowest BCUT2D eigenvalue weighted by atomic mass is 10.9. The first-order valence-electron chi connectivity index (χ1n) is 3.41. The van der Waals surface area contributed by atoms with E-state index in [9.17, 15) is 0 Å². The second-order valence-electron chi connectivity index (χ2n) is 2.16. The molecule has 0 N–H and O–H groups in total. The van der Waals surface area contributed by atoms with E-state index in [1.807, 2.05) is 0 Å². The molecule has 2 heteroatoms. The average Bonchev–Trinajstić information content (AvgIpc) is 1.83. The molecule has 0 aromatic rings. The topological polar surface area (TPSA) is 0 Å². The summed E-state index contributed by atoms with van der Waals surface area (Å²) >= 11 is 5.26. The van der Waals surface area contributed by atoms with Gasteiger partial charge in [0.1, 0.15) is 0 Å². The summed E-state index contributed by atoms with van der Waals surface area (Å²) in [6.07, 6.45) is 0. The fourth-order valence-electron chi connectivity index (χ4n) is 0.851. The Morgan fingerprint density at radius 3 is 1.88 bits per heavy atom. The minimum atomic E-state index is -0.324. The van der Waals surface area contributed by atoms with E-state index in [0.29, 0.717) is 0 Å². The lowest BCUT2D eigenvalue weighted by Crippen LogP contribution is -2.08. The zero-order valence-electron chi connectivity index (χ0n) is 5.78. The van der Waals surface area contributed by atoms with Crippen molar-refractivity contribution in [2.24, 2.45) is 0 Å². The summed E-state index contributed by atoms with van der Waals surface area (Å²) in [7, 11) is 0. The van der Waals surface area contributed by atoms with E-state index in [2.05, 4.69) is 13.8 Å². The van der Waals surface area contributed by atoms with Gasteiger partial charge in [0, 0.05) is 5.88 Å². The van der Waals surface area contributed by atoms with E-state index in [0.717, 1.165) is 5.88 Å². The molecule has 48 valence electrons. The molecule has 0 saturated carbocycles. The highest BCUT2D eigenvalue weighted by Gasteiger charge is 2.08. The van der Waals surface area contributed by atoms with Crippen LogP contribution >= 0.6 is 11.6 Å². The van der Waals surface area contributed by atoms with Crippen LogP contribution in [0, 0.1) is 0 Å². The molecule has 0 aliphatic heterocycles. The third-order valence-corrected chi connectivity index (χ3v) is 5.67. The predicted octanol–water partition coefficient (Wildman–Crippen LogP) is 2.76. The first kappa shape index (κ1) is 8.82. The summed E-state index contributed by atoms with van der Waals surface area (Å²) < 4.78 is 0. The van der Waals surface area contributed by atoms with Crippen LogP contribution in [0.3, 0.4) is 0 Å². The molecule has 0 bridgehead atoms. The van der Waals surface area contributed by atoms with Gasteiger partial charge in [-0.05, 0) is 0 Å². The van der Waals surface area contributed by atoms with E-state index in [4.69, 9.17) is 11.6 Å². The molecular weight excluding hydrogens is 135 g/mol. The molecular formula is C6H14AlCl. The van der Waals surface area contributed by atoms with Crippen molar-refractivity contribution in [1.29, 1.82) is 0 Å². The third-order valence-electron chi connectivity index (χ3n) is 1.67. The minimum absolute atomic E-state index is 0.324. The fourth-order valence-corrected chi connectivity index (χ4v) is 3.48. The Bertz CT molecular complexity index is 43.8. The Hall–Kier alpha value is 0.822. The Morgan fingerprint density at radius 1 is 1.25 bits per heavy atom. The molecule has 0 atom stereocenters. The van der Waals surface area contributed by atoms with Crippen molar-refractivity contribution in [1.82, 2.24) is 0 Å². The van der Waals surface area contributed by atoms with Crippen molar-refractivity contribution >= 4 is 25.7 Å². The van der Waals surface area contributed by atoms with Crippen LogP contribution in [0.5, 0.6) is 0 Å². The number of hydrogen-bond donors (Lipinski definition) is 0. The van der Waals surface area contributed by atoms with Crippen molar-refractivity contribution in [3.63, 3.8) is 0 Å². The maximum Gasteiger partial charge on any atom is 0.262 e. The zero-order chi connectivity index (χ0) is 6.41. The van der Waals surface area contributed by atoms with Gasteiger partial charge in [-0.25, -0.2) is 0 Å². The summed E-state index contributed by atoms with van der Waals surface area (Å²) in [5.41, 5.74) is 0. The van der Waals surface area contributed by atoms with Gasteiger partial charge in [-0.15, -0.1) is 11.6 Å². The van der Waals surface area contributed by atoms with Crippen LogP contribution in [0.4, 0.5) is 0 Å². The van der Waals surface area contributed by atoms with Gasteiger partial charge in [0.15, 0.2) is 0 Å². The van der Waals surface area contributed by atoms with Gasteiger partial charge in [0.25, 0.3) is 14.1 Å². The van der Waals surface area contributed by atoms with Crippen molar-refractivity contribution in [2.75, 3.05) is 5.88 Å². The van der Waals surface area contributed by atoms with Crippen LogP contribution in [0.15, 0.2) is 0 Å². The SMILES string of the molecule is C[CH2][Al]([CH2]C)[CH2]CCl. The fraction of sp³-hybridized carbons (Fsp3) is 1.00. The van der Waals surface area contributed by atoms with E-state index in [1.165, 1.54) is 15.8 Å². The van der Waals surface area contributed by atoms with Gasteiger partial charge in [0.05, 0.1) is 0 Å². The highest BCUT2D eigenvalue weighted by atomic mass is 35.5. The van der Waals surface area contributed by atoms with Gasteiger partial charge in [0.2, 0.25) is 0 Å². The molecule has 0 unspecified atom stereocenters. The maximum atomic E-state index is 5.59. The Labute approximate surface area is 61.6 Å².